The highest BCUT2D eigenvalue weighted by Crippen LogP contribution is 2.57. The summed E-state index contributed by atoms with van der Waals surface area (Å²) in [7, 11) is 0. The van der Waals surface area contributed by atoms with Crippen LogP contribution < -0.4 is 5.32 Å². The Hall–Kier alpha value is -3.88. The number of rotatable bonds is 1. The number of ether oxygens (including phenoxy) is 1. The third-order valence-corrected chi connectivity index (χ3v) is 8.29. The fourth-order valence-corrected chi connectivity index (χ4v) is 6.86. The van der Waals surface area contributed by atoms with Crippen molar-refractivity contribution in [3.63, 3.8) is 0 Å². The molecular weight excluding hydrogens is 434 g/mol. The highest BCUT2D eigenvalue weighted by molar-refractivity contribution is 6.31. The van der Waals surface area contributed by atoms with Crippen molar-refractivity contribution in [3.8, 4) is 0 Å². The van der Waals surface area contributed by atoms with Crippen molar-refractivity contribution in [2.24, 2.45) is 0 Å². The molecule has 2 aromatic heterocycles. The van der Waals surface area contributed by atoms with Crippen LogP contribution in [0.2, 0.25) is 0 Å². The Morgan fingerprint density at radius 3 is 2.47 bits per heavy atom. The second-order valence-electron chi connectivity index (χ2n) is 9.60. The normalized spacial score (nSPS) is 27.2. The van der Waals surface area contributed by atoms with Crippen LogP contribution in [-0.2, 0) is 21.8 Å². The average molecular weight is 453 g/mol. The smallest absolute Gasteiger partial charge is 0.343 e. The number of nitrogens with one attached hydrogen (secondary N) is 1. The van der Waals surface area contributed by atoms with Crippen molar-refractivity contribution in [3.05, 3.63) is 59.7 Å². The molecule has 168 valence electrons. The van der Waals surface area contributed by atoms with Crippen molar-refractivity contribution in [1.29, 1.82) is 0 Å². The molecule has 1 saturated heterocycles. The molecule has 0 saturated carbocycles. The van der Waals surface area contributed by atoms with Gasteiger partial charge in [0.05, 0.1) is 28.7 Å². The van der Waals surface area contributed by atoms with Gasteiger partial charge in [0.15, 0.2) is 5.72 Å². The number of aliphatic carboxylic acids is 1. The minimum atomic E-state index is -2.25. The Morgan fingerprint density at radius 1 is 1.06 bits per heavy atom. The summed E-state index contributed by atoms with van der Waals surface area (Å²) in [4.78, 5) is 26.0. The second kappa shape index (κ2) is 5.43. The SMILES string of the molecule is C[C@@]12OCC(n3c4ccccc4c4c5c(c6c7ccccc7n1c6c43)CNC5=O)[C@]2(O)C(=O)O. The van der Waals surface area contributed by atoms with Crippen molar-refractivity contribution in [1.82, 2.24) is 14.5 Å². The van der Waals surface area contributed by atoms with Crippen LogP contribution in [0.25, 0.3) is 43.6 Å². The number of para-hydroxylation sites is 2. The third kappa shape index (κ3) is 1.65. The number of benzene rings is 3. The largest absolute Gasteiger partial charge is 0.479 e. The quantitative estimate of drug-likeness (QED) is 0.361. The molecule has 3 aliphatic heterocycles. The Bertz CT molecular complexity index is 1810. The molecule has 3 N–H and O–H groups in total. The van der Waals surface area contributed by atoms with E-state index in [1.807, 2.05) is 57.7 Å². The number of carbonyl (C=O) groups is 2. The number of aromatic nitrogens is 2. The van der Waals surface area contributed by atoms with E-state index < -0.39 is 23.3 Å². The molecule has 3 aromatic carbocycles. The molecule has 1 unspecified atom stereocenters. The summed E-state index contributed by atoms with van der Waals surface area (Å²) < 4.78 is 10.0. The van der Waals surface area contributed by atoms with Gasteiger partial charge in [0.1, 0.15) is 6.04 Å². The van der Waals surface area contributed by atoms with Gasteiger partial charge in [0.25, 0.3) is 5.91 Å². The number of carboxylic acids is 1. The first kappa shape index (κ1) is 18.5. The minimum absolute atomic E-state index is 0.0177. The van der Waals surface area contributed by atoms with Gasteiger partial charge in [-0.2, -0.15) is 0 Å². The monoisotopic (exact) mass is 453 g/mol. The minimum Gasteiger partial charge on any atom is -0.479 e. The van der Waals surface area contributed by atoms with Crippen LogP contribution in [-0.4, -0.2) is 43.4 Å². The number of nitrogens with zero attached hydrogens (tertiary/aromatic N) is 2. The molecular formula is C26H19N3O5. The molecule has 0 aliphatic carbocycles. The fourth-order valence-electron chi connectivity index (χ4n) is 6.86. The van der Waals surface area contributed by atoms with Gasteiger partial charge in [-0.05, 0) is 24.6 Å². The number of carbonyl (C=O) groups excluding carboxylic acids is 1. The highest BCUT2D eigenvalue weighted by atomic mass is 16.6. The molecule has 1 fully saturated rings. The summed E-state index contributed by atoms with van der Waals surface area (Å²) in [6.45, 7) is 2.06. The van der Waals surface area contributed by atoms with Gasteiger partial charge in [0.2, 0.25) is 5.60 Å². The van der Waals surface area contributed by atoms with Crippen molar-refractivity contribution >= 4 is 55.5 Å². The van der Waals surface area contributed by atoms with Crippen LogP contribution in [0.1, 0.15) is 28.9 Å². The first-order chi connectivity index (χ1) is 16.4. The molecule has 8 nitrogen and oxygen atoms in total. The van der Waals surface area contributed by atoms with Crippen LogP contribution in [0.15, 0.2) is 48.5 Å². The Labute approximate surface area is 191 Å². The first-order valence-electron chi connectivity index (χ1n) is 11.3. The zero-order valence-corrected chi connectivity index (χ0v) is 18.1. The highest BCUT2D eigenvalue weighted by Gasteiger charge is 2.68. The van der Waals surface area contributed by atoms with Gasteiger partial charge in [-0.3, -0.25) is 4.79 Å². The van der Waals surface area contributed by atoms with Gasteiger partial charge in [-0.1, -0.05) is 36.4 Å². The number of fused-ring (bicyclic) bond motifs is 13. The molecule has 2 bridgehead atoms. The summed E-state index contributed by atoms with van der Waals surface area (Å²) in [5.74, 6) is -1.48. The van der Waals surface area contributed by atoms with Gasteiger partial charge in [-0.25, -0.2) is 4.79 Å². The molecule has 8 rings (SSSR count). The maximum Gasteiger partial charge on any atom is 0.343 e. The first-order valence-corrected chi connectivity index (χ1v) is 11.3. The number of aliphatic hydroxyl groups is 1. The van der Waals surface area contributed by atoms with E-state index in [-0.39, 0.29) is 12.5 Å². The lowest BCUT2D eigenvalue weighted by atomic mass is 9.86. The summed E-state index contributed by atoms with van der Waals surface area (Å²) in [6, 6.07) is 14.5. The van der Waals surface area contributed by atoms with Crippen molar-refractivity contribution in [2.75, 3.05) is 6.61 Å². The lowest BCUT2D eigenvalue weighted by Crippen LogP contribution is -2.58. The molecule has 3 aliphatic rings. The molecule has 34 heavy (non-hydrogen) atoms. The third-order valence-electron chi connectivity index (χ3n) is 8.29. The van der Waals surface area contributed by atoms with E-state index in [9.17, 15) is 19.8 Å². The van der Waals surface area contributed by atoms with Gasteiger partial charge >= 0.3 is 5.97 Å². The summed E-state index contributed by atoms with van der Waals surface area (Å²) in [5.41, 5.74) is 0.779. The Balaban J connectivity index is 1.80. The van der Waals surface area contributed by atoms with E-state index in [2.05, 4.69) is 5.32 Å². The van der Waals surface area contributed by atoms with E-state index >= 15 is 0 Å². The molecule has 0 spiro atoms. The summed E-state index contributed by atoms with van der Waals surface area (Å²) in [5, 5.41) is 28.9. The molecule has 0 radical (unpaired) electrons. The van der Waals surface area contributed by atoms with Crippen molar-refractivity contribution in [2.45, 2.75) is 30.8 Å². The zero-order valence-electron chi connectivity index (χ0n) is 18.1. The standard InChI is InChI=1S/C26H19N3O5/c1-25-26(33,24(31)32)17(11-34-25)28-15-8-4-2-6-12(15)19-20-14(10-27-23(20)30)18-13-7-3-5-9-16(13)29(25)22(18)21(19)28/h2-9,17,33H,10-11H2,1H3,(H,27,30)(H,31,32)/t17?,25-,26-/m0/s1. The van der Waals surface area contributed by atoms with Crippen LogP contribution in [0.3, 0.4) is 0 Å². The average Bonchev–Trinajstić information content (AvgIpc) is 3.52. The van der Waals surface area contributed by atoms with Crippen molar-refractivity contribution < 1.29 is 24.5 Å². The van der Waals surface area contributed by atoms with E-state index in [4.69, 9.17) is 4.74 Å². The maximum absolute atomic E-state index is 13.2. The molecule has 5 aromatic rings. The maximum atomic E-state index is 13.2. The van der Waals surface area contributed by atoms with Gasteiger partial charge in [-0.15, -0.1) is 0 Å². The van der Waals surface area contributed by atoms with Crippen LogP contribution in [0.4, 0.5) is 0 Å². The van der Waals surface area contributed by atoms with E-state index in [0.717, 1.165) is 49.2 Å². The predicted molar refractivity (Wildman–Crippen MR) is 125 cm³/mol. The van der Waals surface area contributed by atoms with E-state index in [0.29, 0.717) is 12.1 Å². The molecule has 8 heteroatoms. The molecule has 5 heterocycles. The number of amides is 1. The summed E-state index contributed by atoms with van der Waals surface area (Å²) >= 11 is 0. The van der Waals surface area contributed by atoms with Gasteiger partial charge in [0, 0.05) is 33.6 Å². The van der Waals surface area contributed by atoms with Crippen LogP contribution >= 0.6 is 0 Å². The lowest BCUT2D eigenvalue weighted by molar-refractivity contribution is -0.196. The number of hydrogen-bond acceptors (Lipinski definition) is 4. The zero-order chi connectivity index (χ0) is 23.1. The van der Waals surface area contributed by atoms with Gasteiger partial charge < -0.3 is 29.4 Å². The van der Waals surface area contributed by atoms with Crippen LogP contribution in [0, 0.1) is 0 Å². The Morgan fingerprint density at radius 2 is 1.74 bits per heavy atom. The van der Waals surface area contributed by atoms with E-state index in [1.54, 1.807) is 6.92 Å². The molecule has 3 atom stereocenters. The number of hydrogen-bond donors (Lipinski definition) is 3. The summed E-state index contributed by atoms with van der Waals surface area (Å²) in [6.07, 6.45) is 0. The predicted octanol–water partition coefficient (Wildman–Crippen LogP) is 3.22. The van der Waals surface area contributed by atoms with E-state index in [1.165, 1.54) is 0 Å². The lowest BCUT2D eigenvalue weighted by Gasteiger charge is -2.38. The molecule has 1 amide bonds. The van der Waals surface area contributed by atoms with Crippen LogP contribution in [0.5, 0.6) is 0 Å². The topological polar surface area (TPSA) is 106 Å². The second-order valence-corrected chi connectivity index (χ2v) is 9.60. The fraction of sp³-hybridized carbons (Fsp3) is 0.231. The Kier molecular flexibility index (Phi) is 2.96. The number of carboxylic acid groups (broad SMARTS) is 1.